The first-order chi connectivity index (χ1) is 8.02. The molecule has 3 heteroatoms. The standard InChI is InChI=1S/C14H18N2O/c1-9-7-5-6-8-13(9)16-11(3)14(12(4)17)10(2)15-16/h5-8,12,17H,1-4H3. The van der Waals surface area contributed by atoms with Crippen LogP contribution < -0.4 is 0 Å². The van der Waals surface area contributed by atoms with Crippen molar-refractivity contribution in [2.24, 2.45) is 0 Å². The average molecular weight is 230 g/mol. The number of benzene rings is 1. The van der Waals surface area contributed by atoms with Crippen LogP contribution in [0, 0.1) is 20.8 Å². The predicted octanol–water partition coefficient (Wildman–Crippen LogP) is 2.85. The molecule has 0 saturated carbocycles. The summed E-state index contributed by atoms with van der Waals surface area (Å²) in [5.41, 5.74) is 5.07. The summed E-state index contributed by atoms with van der Waals surface area (Å²) in [5, 5.41) is 14.3. The molecule has 2 rings (SSSR count). The second-order valence-corrected chi connectivity index (χ2v) is 4.46. The first-order valence-corrected chi connectivity index (χ1v) is 5.82. The van der Waals surface area contributed by atoms with E-state index in [4.69, 9.17) is 0 Å². The maximum Gasteiger partial charge on any atom is 0.0797 e. The molecule has 1 heterocycles. The van der Waals surface area contributed by atoms with Gasteiger partial charge in [-0.15, -0.1) is 0 Å². The molecule has 0 fully saturated rings. The molecule has 0 aliphatic rings. The molecule has 0 amide bonds. The molecular weight excluding hydrogens is 212 g/mol. The highest BCUT2D eigenvalue weighted by Crippen LogP contribution is 2.24. The average Bonchev–Trinajstić information content (AvgIpc) is 2.55. The van der Waals surface area contributed by atoms with Gasteiger partial charge in [0.05, 0.1) is 17.5 Å². The van der Waals surface area contributed by atoms with Gasteiger partial charge in [0, 0.05) is 11.3 Å². The smallest absolute Gasteiger partial charge is 0.0797 e. The molecule has 0 saturated heterocycles. The lowest BCUT2D eigenvalue weighted by atomic mass is 10.1. The Morgan fingerprint density at radius 1 is 1.18 bits per heavy atom. The SMILES string of the molecule is Cc1ccccc1-n1nc(C)c(C(C)O)c1C. The van der Waals surface area contributed by atoms with Gasteiger partial charge in [-0.2, -0.15) is 5.10 Å². The van der Waals surface area contributed by atoms with Crippen molar-refractivity contribution in [3.63, 3.8) is 0 Å². The Labute approximate surface area is 102 Å². The quantitative estimate of drug-likeness (QED) is 0.861. The van der Waals surface area contributed by atoms with E-state index >= 15 is 0 Å². The van der Waals surface area contributed by atoms with Gasteiger partial charge in [0.2, 0.25) is 0 Å². The molecule has 90 valence electrons. The van der Waals surface area contributed by atoms with E-state index in [-0.39, 0.29) is 0 Å². The van der Waals surface area contributed by atoms with Crippen LogP contribution >= 0.6 is 0 Å². The van der Waals surface area contributed by atoms with Crippen molar-refractivity contribution >= 4 is 0 Å². The Morgan fingerprint density at radius 2 is 1.82 bits per heavy atom. The van der Waals surface area contributed by atoms with Gasteiger partial charge in [-0.05, 0) is 39.3 Å². The monoisotopic (exact) mass is 230 g/mol. The van der Waals surface area contributed by atoms with Gasteiger partial charge in [0.1, 0.15) is 0 Å². The van der Waals surface area contributed by atoms with Crippen LogP contribution in [0.15, 0.2) is 24.3 Å². The first kappa shape index (κ1) is 11.9. The molecule has 2 aromatic rings. The van der Waals surface area contributed by atoms with Crippen LogP contribution in [0.3, 0.4) is 0 Å². The Balaban J connectivity index is 2.62. The van der Waals surface area contributed by atoms with Gasteiger partial charge in [-0.1, -0.05) is 18.2 Å². The molecule has 0 radical (unpaired) electrons. The second kappa shape index (κ2) is 4.34. The summed E-state index contributed by atoms with van der Waals surface area (Å²) in [7, 11) is 0. The van der Waals surface area contributed by atoms with Crippen molar-refractivity contribution < 1.29 is 5.11 Å². The fourth-order valence-corrected chi connectivity index (χ4v) is 2.29. The Bertz CT molecular complexity index is 541. The minimum atomic E-state index is -0.479. The molecule has 0 aliphatic carbocycles. The summed E-state index contributed by atoms with van der Waals surface area (Å²) in [6.07, 6.45) is -0.479. The number of aliphatic hydroxyl groups excluding tert-OH is 1. The highest BCUT2D eigenvalue weighted by molar-refractivity contribution is 5.43. The van der Waals surface area contributed by atoms with E-state index in [1.54, 1.807) is 6.92 Å². The van der Waals surface area contributed by atoms with Crippen LogP contribution in [0.1, 0.15) is 35.5 Å². The zero-order chi connectivity index (χ0) is 12.6. The third-order valence-electron chi connectivity index (χ3n) is 3.11. The number of rotatable bonds is 2. The summed E-state index contributed by atoms with van der Waals surface area (Å²) >= 11 is 0. The lowest BCUT2D eigenvalue weighted by Crippen LogP contribution is -2.02. The fraction of sp³-hybridized carbons (Fsp3) is 0.357. The number of hydrogen-bond donors (Lipinski definition) is 1. The number of aromatic nitrogens is 2. The number of hydrogen-bond acceptors (Lipinski definition) is 2. The molecule has 1 atom stereocenters. The van der Waals surface area contributed by atoms with E-state index in [0.717, 1.165) is 22.6 Å². The molecule has 1 aromatic carbocycles. The first-order valence-electron chi connectivity index (χ1n) is 5.82. The molecule has 1 unspecified atom stereocenters. The minimum Gasteiger partial charge on any atom is -0.389 e. The van der Waals surface area contributed by atoms with Gasteiger partial charge >= 0.3 is 0 Å². The molecule has 3 nitrogen and oxygen atoms in total. The van der Waals surface area contributed by atoms with Crippen LogP contribution in [0.2, 0.25) is 0 Å². The number of aryl methyl sites for hydroxylation is 2. The summed E-state index contributed by atoms with van der Waals surface area (Å²) in [6.45, 7) is 7.77. The van der Waals surface area contributed by atoms with E-state index in [1.165, 1.54) is 5.56 Å². The van der Waals surface area contributed by atoms with Crippen LogP contribution in [0.25, 0.3) is 5.69 Å². The normalized spacial score (nSPS) is 12.8. The van der Waals surface area contributed by atoms with Gasteiger partial charge < -0.3 is 5.11 Å². The van der Waals surface area contributed by atoms with E-state index in [9.17, 15) is 5.11 Å². The second-order valence-electron chi connectivity index (χ2n) is 4.46. The van der Waals surface area contributed by atoms with Crippen LogP contribution in [-0.2, 0) is 0 Å². The fourth-order valence-electron chi connectivity index (χ4n) is 2.29. The lowest BCUT2D eigenvalue weighted by molar-refractivity contribution is 0.198. The van der Waals surface area contributed by atoms with Gasteiger partial charge in [0.15, 0.2) is 0 Å². The molecule has 0 spiro atoms. The van der Waals surface area contributed by atoms with E-state index in [2.05, 4.69) is 18.1 Å². The van der Waals surface area contributed by atoms with Crippen LogP contribution in [0.5, 0.6) is 0 Å². The van der Waals surface area contributed by atoms with Crippen molar-refractivity contribution in [2.75, 3.05) is 0 Å². The lowest BCUT2D eigenvalue weighted by Gasteiger charge is -2.09. The van der Waals surface area contributed by atoms with Crippen molar-refractivity contribution in [3.05, 3.63) is 46.8 Å². The van der Waals surface area contributed by atoms with Gasteiger partial charge in [0.25, 0.3) is 0 Å². The molecule has 17 heavy (non-hydrogen) atoms. The predicted molar refractivity (Wildman–Crippen MR) is 68.4 cm³/mol. The summed E-state index contributed by atoms with van der Waals surface area (Å²) < 4.78 is 1.91. The highest BCUT2D eigenvalue weighted by atomic mass is 16.3. The number of aliphatic hydroxyl groups is 1. The summed E-state index contributed by atoms with van der Waals surface area (Å²) in [5.74, 6) is 0. The molecule has 0 bridgehead atoms. The molecular formula is C14H18N2O. The largest absolute Gasteiger partial charge is 0.389 e. The molecule has 1 aromatic heterocycles. The van der Waals surface area contributed by atoms with Crippen LogP contribution in [0.4, 0.5) is 0 Å². The highest BCUT2D eigenvalue weighted by Gasteiger charge is 2.16. The van der Waals surface area contributed by atoms with Gasteiger partial charge in [-0.3, -0.25) is 0 Å². The van der Waals surface area contributed by atoms with Crippen LogP contribution in [-0.4, -0.2) is 14.9 Å². The zero-order valence-corrected chi connectivity index (χ0v) is 10.7. The van der Waals surface area contributed by atoms with Gasteiger partial charge in [-0.25, -0.2) is 4.68 Å². The maximum absolute atomic E-state index is 9.76. The van der Waals surface area contributed by atoms with Crippen molar-refractivity contribution in [3.8, 4) is 5.69 Å². The Morgan fingerprint density at radius 3 is 2.35 bits per heavy atom. The molecule has 0 aliphatic heterocycles. The maximum atomic E-state index is 9.76. The number of para-hydroxylation sites is 1. The third kappa shape index (κ3) is 1.98. The van der Waals surface area contributed by atoms with E-state index < -0.39 is 6.10 Å². The topological polar surface area (TPSA) is 38.0 Å². The van der Waals surface area contributed by atoms with E-state index in [1.807, 2.05) is 36.7 Å². The molecule has 1 N–H and O–H groups in total. The van der Waals surface area contributed by atoms with Crippen molar-refractivity contribution in [1.82, 2.24) is 9.78 Å². The van der Waals surface area contributed by atoms with Crippen molar-refractivity contribution in [1.29, 1.82) is 0 Å². The summed E-state index contributed by atoms with van der Waals surface area (Å²) in [4.78, 5) is 0. The third-order valence-corrected chi connectivity index (χ3v) is 3.11. The zero-order valence-electron chi connectivity index (χ0n) is 10.7. The number of nitrogens with zero attached hydrogens (tertiary/aromatic N) is 2. The minimum absolute atomic E-state index is 0.479. The van der Waals surface area contributed by atoms with E-state index in [0.29, 0.717) is 0 Å². The Hall–Kier alpha value is -1.61. The van der Waals surface area contributed by atoms with Crippen molar-refractivity contribution in [2.45, 2.75) is 33.8 Å². The summed E-state index contributed by atoms with van der Waals surface area (Å²) in [6, 6.07) is 8.12. The Kier molecular flexibility index (Phi) is 3.03.